The Bertz CT molecular complexity index is 621. The minimum absolute atomic E-state index is 0.0394. The Hall–Kier alpha value is -1.39. The van der Waals surface area contributed by atoms with Crippen LogP contribution in [-0.2, 0) is 13.0 Å². The number of nitrogens with zero attached hydrogens (tertiary/aromatic N) is 1. The van der Waals surface area contributed by atoms with Crippen molar-refractivity contribution in [2.75, 3.05) is 13.1 Å². The summed E-state index contributed by atoms with van der Waals surface area (Å²) in [6, 6.07) is 8.52. The van der Waals surface area contributed by atoms with Crippen molar-refractivity contribution in [1.29, 1.82) is 0 Å². The van der Waals surface area contributed by atoms with Gasteiger partial charge in [0.2, 0.25) is 0 Å². The molecule has 0 bridgehead atoms. The van der Waals surface area contributed by atoms with E-state index in [9.17, 15) is 4.79 Å². The third-order valence-electron chi connectivity index (χ3n) is 3.82. The Balaban J connectivity index is 2.26. The molecule has 0 saturated carbocycles. The van der Waals surface area contributed by atoms with Gasteiger partial charge >= 0.3 is 4.87 Å². The average molecular weight is 318 g/mol. The van der Waals surface area contributed by atoms with Crippen molar-refractivity contribution in [3.05, 3.63) is 44.4 Å². The third-order valence-corrected chi connectivity index (χ3v) is 4.69. The molecule has 0 spiro atoms. The standard InChI is InChI=1S/C18H26N2OS/c1-4-11-20(12-5-2)13-16-17(19-18(21)22-16)15-9-7-14(6-3)8-10-15/h7-10H,4-6,11-13H2,1-3H3,(H,19,21). The first-order valence-corrected chi connectivity index (χ1v) is 9.03. The summed E-state index contributed by atoms with van der Waals surface area (Å²) in [7, 11) is 0. The summed E-state index contributed by atoms with van der Waals surface area (Å²) in [5, 5.41) is 0. The van der Waals surface area contributed by atoms with Crippen LogP contribution in [0.25, 0.3) is 11.3 Å². The largest absolute Gasteiger partial charge is 0.312 e. The predicted molar refractivity (Wildman–Crippen MR) is 95.6 cm³/mol. The van der Waals surface area contributed by atoms with Crippen LogP contribution in [0.3, 0.4) is 0 Å². The molecule has 0 aliphatic carbocycles. The second kappa shape index (κ2) is 8.30. The van der Waals surface area contributed by atoms with Gasteiger partial charge in [0.25, 0.3) is 0 Å². The lowest BCUT2D eigenvalue weighted by molar-refractivity contribution is 0.269. The van der Waals surface area contributed by atoms with Crippen LogP contribution in [0.4, 0.5) is 0 Å². The zero-order chi connectivity index (χ0) is 15.9. The molecule has 0 amide bonds. The summed E-state index contributed by atoms with van der Waals surface area (Å²) < 4.78 is 0. The normalized spacial score (nSPS) is 11.3. The molecule has 0 radical (unpaired) electrons. The van der Waals surface area contributed by atoms with Gasteiger partial charge in [0.1, 0.15) is 0 Å². The molecule has 4 heteroatoms. The maximum absolute atomic E-state index is 11.8. The highest BCUT2D eigenvalue weighted by Gasteiger charge is 2.13. The van der Waals surface area contributed by atoms with Gasteiger partial charge in [-0.25, -0.2) is 0 Å². The molecule has 1 aromatic carbocycles. The SMILES string of the molecule is CCCN(CCC)Cc1sc(=O)[nH]c1-c1ccc(CC)cc1. The van der Waals surface area contributed by atoms with Gasteiger partial charge < -0.3 is 4.98 Å². The molecule has 1 aromatic heterocycles. The summed E-state index contributed by atoms with van der Waals surface area (Å²) >= 11 is 1.35. The van der Waals surface area contributed by atoms with Crippen molar-refractivity contribution < 1.29 is 0 Å². The van der Waals surface area contributed by atoms with Crippen molar-refractivity contribution in [2.45, 2.75) is 46.6 Å². The first-order chi connectivity index (χ1) is 10.7. The number of aryl methyl sites for hydroxylation is 1. The fourth-order valence-corrected chi connectivity index (χ4v) is 3.61. The van der Waals surface area contributed by atoms with Crippen LogP contribution in [0, 0.1) is 0 Å². The van der Waals surface area contributed by atoms with E-state index in [-0.39, 0.29) is 4.87 Å². The summed E-state index contributed by atoms with van der Waals surface area (Å²) in [4.78, 5) is 18.5. The van der Waals surface area contributed by atoms with Crippen molar-refractivity contribution in [2.24, 2.45) is 0 Å². The molecule has 1 heterocycles. The van der Waals surface area contributed by atoms with Gasteiger partial charge in [0, 0.05) is 11.4 Å². The lowest BCUT2D eigenvalue weighted by Gasteiger charge is -2.20. The molecular formula is C18H26N2OS. The van der Waals surface area contributed by atoms with Crippen LogP contribution >= 0.6 is 11.3 Å². The van der Waals surface area contributed by atoms with E-state index in [0.29, 0.717) is 0 Å². The van der Waals surface area contributed by atoms with Gasteiger partial charge in [-0.2, -0.15) is 0 Å². The molecule has 1 N–H and O–H groups in total. The topological polar surface area (TPSA) is 36.1 Å². The maximum atomic E-state index is 11.8. The van der Waals surface area contributed by atoms with Crippen molar-refractivity contribution in [3.63, 3.8) is 0 Å². The number of benzene rings is 1. The molecule has 0 fully saturated rings. The Morgan fingerprint density at radius 2 is 1.68 bits per heavy atom. The number of aromatic nitrogens is 1. The minimum atomic E-state index is 0.0394. The Kier molecular flexibility index (Phi) is 6.40. The highest BCUT2D eigenvalue weighted by atomic mass is 32.1. The van der Waals surface area contributed by atoms with E-state index < -0.39 is 0 Å². The molecule has 120 valence electrons. The smallest absolute Gasteiger partial charge is 0.305 e. The molecule has 2 aromatic rings. The summed E-state index contributed by atoms with van der Waals surface area (Å²) in [6.45, 7) is 9.57. The van der Waals surface area contributed by atoms with Crippen LogP contribution < -0.4 is 4.87 Å². The highest BCUT2D eigenvalue weighted by molar-refractivity contribution is 7.09. The minimum Gasteiger partial charge on any atom is -0.312 e. The first-order valence-electron chi connectivity index (χ1n) is 8.21. The van der Waals surface area contributed by atoms with Crippen LogP contribution in [0.5, 0.6) is 0 Å². The number of thiazole rings is 1. The molecule has 3 nitrogen and oxygen atoms in total. The quantitative estimate of drug-likeness (QED) is 0.788. The molecule has 0 unspecified atom stereocenters. The lowest BCUT2D eigenvalue weighted by Crippen LogP contribution is -2.24. The first kappa shape index (κ1) is 17.0. The van der Waals surface area contributed by atoms with Gasteiger partial charge in [-0.3, -0.25) is 9.69 Å². The van der Waals surface area contributed by atoms with Gasteiger partial charge in [0.15, 0.2) is 0 Å². The van der Waals surface area contributed by atoms with Crippen LogP contribution in [0.1, 0.15) is 44.1 Å². The Labute approximate surface area is 137 Å². The maximum Gasteiger partial charge on any atom is 0.305 e. The summed E-state index contributed by atoms with van der Waals surface area (Å²) in [6.07, 6.45) is 3.31. The number of hydrogen-bond acceptors (Lipinski definition) is 3. The second-order valence-electron chi connectivity index (χ2n) is 5.64. The molecule has 0 aliphatic rings. The average Bonchev–Trinajstić information content (AvgIpc) is 2.88. The molecule has 2 rings (SSSR count). The van der Waals surface area contributed by atoms with Crippen LogP contribution in [0.2, 0.25) is 0 Å². The van der Waals surface area contributed by atoms with Gasteiger partial charge in [-0.05, 0) is 43.5 Å². The number of nitrogens with one attached hydrogen (secondary N) is 1. The molecule has 22 heavy (non-hydrogen) atoms. The van der Waals surface area contributed by atoms with E-state index in [4.69, 9.17) is 0 Å². The molecule has 0 aliphatic heterocycles. The van der Waals surface area contributed by atoms with E-state index in [0.717, 1.165) is 55.0 Å². The summed E-state index contributed by atoms with van der Waals surface area (Å²) in [5.41, 5.74) is 3.43. The third kappa shape index (κ3) is 4.31. The van der Waals surface area contributed by atoms with E-state index in [1.165, 1.54) is 16.9 Å². The van der Waals surface area contributed by atoms with E-state index in [1.54, 1.807) is 0 Å². The summed E-state index contributed by atoms with van der Waals surface area (Å²) in [5.74, 6) is 0. The van der Waals surface area contributed by atoms with Crippen LogP contribution in [0.15, 0.2) is 29.1 Å². The number of H-pyrrole nitrogens is 1. The van der Waals surface area contributed by atoms with Gasteiger partial charge in [0.05, 0.1) is 5.69 Å². The lowest BCUT2D eigenvalue weighted by atomic mass is 10.1. The number of rotatable bonds is 8. The second-order valence-corrected chi connectivity index (χ2v) is 6.71. The van der Waals surface area contributed by atoms with Crippen LogP contribution in [-0.4, -0.2) is 23.0 Å². The van der Waals surface area contributed by atoms with Gasteiger partial charge in [-0.15, -0.1) is 0 Å². The Morgan fingerprint density at radius 1 is 1.05 bits per heavy atom. The number of hydrogen-bond donors (Lipinski definition) is 1. The molecule has 0 atom stereocenters. The monoisotopic (exact) mass is 318 g/mol. The van der Waals surface area contributed by atoms with Crippen molar-refractivity contribution in [3.8, 4) is 11.3 Å². The van der Waals surface area contributed by atoms with E-state index in [2.05, 4.69) is 54.9 Å². The highest BCUT2D eigenvalue weighted by Crippen LogP contribution is 2.25. The fourth-order valence-electron chi connectivity index (χ4n) is 2.72. The zero-order valence-electron chi connectivity index (χ0n) is 13.8. The Morgan fingerprint density at radius 3 is 2.23 bits per heavy atom. The van der Waals surface area contributed by atoms with Crippen molar-refractivity contribution in [1.82, 2.24) is 9.88 Å². The molecular weight excluding hydrogens is 292 g/mol. The van der Waals surface area contributed by atoms with Crippen molar-refractivity contribution >= 4 is 11.3 Å². The molecule has 0 saturated heterocycles. The predicted octanol–water partition coefficient (Wildman–Crippen LogP) is 4.29. The fraction of sp³-hybridized carbons (Fsp3) is 0.500. The number of aromatic amines is 1. The van der Waals surface area contributed by atoms with Gasteiger partial charge in [-0.1, -0.05) is 56.4 Å². The van der Waals surface area contributed by atoms with E-state index in [1.807, 2.05) is 0 Å². The van der Waals surface area contributed by atoms with E-state index >= 15 is 0 Å². The zero-order valence-corrected chi connectivity index (χ0v) is 14.6.